The number of halogens is 1. The zero-order chi connectivity index (χ0) is 21.8. The van der Waals surface area contributed by atoms with E-state index >= 15 is 0 Å². The van der Waals surface area contributed by atoms with Gasteiger partial charge in [0, 0.05) is 13.1 Å². The first-order chi connectivity index (χ1) is 15.0. The molecular weight excluding hydrogens is 412 g/mol. The summed E-state index contributed by atoms with van der Waals surface area (Å²) in [5, 5.41) is 3.29. The van der Waals surface area contributed by atoms with E-state index in [2.05, 4.69) is 10.3 Å². The van der Waals surface area contributed by atoms with Crippen molar-refractivity contribution in [3.05, 3.63) is 64.9 Å². The van der Waals surface area contributed by atoms with Gasteiger partial charge in [0.25, 0.3) is 5.91 Å². The molecule has 7 heteroatoms. The highest BCUT2D eigenvalue weighted by Gasteiger charge is 2.23. The fraction of sp³-hybridized carbons (Fsp3) is 0.375. The number of rotatable bonds is 6. The average Bonchev–Trinajstić information content (AvgIpc) is 3.15. The molecule has 1 saturated carbocycles. The molecule has 6 nitrogen and oxygen atoms in total. The van der Waals surface area contributed by atoms with E-state index in [-0.39, 0.29) is 24.9 Å². The smallest absolute Gasteiger partial charge is 0.253 e. The molecule has 162 valence electrons. The van der Waals surface area contributed by atoms with Gasteiger partial charge >= 0.3 is 0 Å². The summed E-state index contributed by atoms with van der Waals surface area (Å²) in [5.74, 6) is 0.440. The summed E-state index contributed by atoms with van der Waals surface area (Å²) >= 11 is 6.14. The Kier molecular flexibility index (Phi) is 6.56. The molecule has 2 amide bonds. The molecule has 0 saturated heterocycles. The lowest BCUT2D eigenvalue weighted by Gasteiger charge is -2.31. The summed E-state index contributed by atoms with van der Waals surface area (Å²) in [4.78, 5) is 32.2. The first-order valence-corrected chi connectivity index (χ1v) is 11.1. The number of carbonyl (C=O) groups excluding carboxylic acids is 2. The molecule has 0 radical (unpaired) electrons. The predicted octanol–water partition coefficient (Wildman–Crippen LogP) is 4.41. The SMILES string of the molecule is CN(C(=O)Cn1c(CNC(=O)c2ccccc2Cl)nc2ccccc21)C1CCCCC1. The van der Waals surface area contributed by atoms with Gasteiger partial charge in [-0.2, -0.15) is 0 Å². The van der Waals surface area contributed by atoms with Gasteiger partial charge in [-0.15, -0.1) is 0 Å². The monoisotopic (exact) mass is 438 g/mol. The van der Waals surface area contributed by atoms with E-state index < -0.39 is 0 Å². The van der Waals surface area contributed by atoms with E-state index in [1.54, 1.807) is 24.3 Å². The van der Waals surface area contributed by atoms with E-state index in [1.807, 2.05) is 40.8 Å². The van der Waals surface area contributed by atoms with Crippen molar-refractivity contribution in [2.45, 2.75) is 51.2 Å². The van der Waals surface area contributed by atoms with E-state index in [0.717, 1.165) is 23.9 Å². The molecule has 2 aromatic carbocycles. The molecule has 0 spiro atoms. The molecular formula is C24H27ClN4O2. The maximum atomic E-state index is 13.1. The molecule has 4 rings (SSSR count). The molecule has 0 unspecified atom stereocenters. The molecule has 3 aromatic rings. The topological polar surface area (TPSA) is 67.2 Å². The van der Waals surface area contributed by atoms with Crippen molar-refractivity contribution in [2.24, 2.45) is 0 Å². The maximum absolute atomic E-state index is 13.1. The third kappa shape index (κ3) is 4.74. The molecule has 1 heterocycles. The molecule has 0 bridgehead atoms. The van der Waals surface area contributed by atoms with Crippen LogP contribution in [0, 0.1) is 0 Å². The van der Waals surface area contributed by atoms with Gasteiger partial charge in [-0.3, -0.25) is 9.59 Å². The molecule has 31 heavy (non-hydrogen) atoms. The van der Waals surface area contributed by atoms with Gasteiger partial charge in [0.2, 0.25) is 5.91 Å². The summed E-state index contributed by atoms with van der Waals surface area (Å²) in [6.45, 7) is 0.407. The van der Waals surface area contributed by atoms with Crippen LogP contribution in [0.5, 0.6) is 0 Å². The Bertz CT molecular complexity index is 1090. The number of nitrogens with zero attached hydrogens (tertiary/aromatic N) is 3. The number of likely N-dealkylation sites (N-methyl/N-ethyl adjacent to an activating group) is 1. The van der Waals surface area contributed by atoms with Crippen molar-refractivity contribution in [1.29, 1.82) is 0 Å². The highest BCUT2D eigenvalue weighted by atomic mass is 35.5. The third-order valence-electron chi connectivity index (χ3n) is 6.07. The predicted molar refractivity (Wildman–Crippen MR) is 122 cm³/mol. The quantitative estimate of drug-likeness (QED) is 0.619. The molecule has 1 fully saturated rings. The first kappa shape index (κ1) is 21.4. The summed E-state index contributed by atoms with van der Waals surface area (Å²) in [5.41, 5.74) is 2.10. The minimum absolute atomic E-state index is 0.0636. The minimum atomic E-state index is -0.269. The van der Waals surface area contributed by atoms with Crippen LogP contribution < -0.4 is 5.32 Å². The van der Waals surface area contributed by atoms with Crippen LogP contribution in [0.4, 0.5) is 0 Å². The highest BCUT2D eigenvalue weighted by Crippen LogP contribution is 2.23. The fourth-order valence-electron chi connectivity index (χ4n) is 4.26. The van der Waals surface area contributed by atoms with Gasteiger partial charge in [0.1, 0.15) is 12.4 Å². The van der Waals surface area contributed by atoms with Crippen LogP contribution in [0.2, 0.25) is 5.02 Å². The number of benzene rings is 2. The van der Waals surface area contributed by atoms with Gasteiger partial charge < -0.3 is 14.8 Å². The standard InChI is InChI=1S/C24H27ClN4O2/c1-28(17-9-3-2-4-10-17)23(30)16-29-21-14-8-7-13-20(21)27-22(29)15-26-24(31)18-11-5-6-12-19(18)25/h5-8,11-14,17H,2-4,9-10,15-16H2,1H3,(H,26,31). The Morgan fingerprint density at radius 1 is 1.10 bits per heavy atom. The Morgan fingerprint density at radius 2 is 1.81 bits per heavy atom. The van der Waals surface area contributed by atoms with E-state index in [1.165, 1.54) is 19.3 Å². The first-order valence-electron chi connectivity index (χ1n) is 10.8. The zero-order valence-corrected chi connectivity index (χ0v) is 18.4. The fourth-order valence-corrected chi connectivity index (χ4v) is 4.48. The van der Waals surface area contributed by atoms with Crippen LogP contribution in [0.15, 0.2) is 48.5 Å². The van der Waals surface area contributed by atoms with Crippen molar-refractivity contribution >= 4 is 34.4 Å². The van der Waals surface area contributed by atoms with Crippen LogP contribution in [0.3, 0.4) is 0 Å². The number of imidazole rings is 1. The molecule has 1 aliphatic rings. The molecule has 1 aromatic heterocycles. The molecule has 0 aliphatic heterocycles. The number of hydrogen-bond donors (Lipinski definition) is 1. The number of hydrogen-bond acceptors (Lipinski definition) is 3. The Morgan fingerprint density at radius 3 is 2.58 bits per heavy atom. The van der Waals surface area contributed by atoms with Crippen molar-refractivity contribution in [3.63, 3.8) is 0 Å². The zero-order valence-electron chi connectivity index (χ0n) is 17.7. The number of aromatic nitrogens is 2. The number of carbonyl (C=O) groups is 2. The lowest BCUT2D eigenvalue weighted by atomic mass is 9.94. The minimum Gasteiger partial charge on any atom is -0.345 e. The van der Waals surface area contributed by atoms with Crippen LogP contribution in [-0.4, -0.2) is 39.4 Å². The van der Waals surface area contributed by atoms with Gasteiger partial charge in [0.15, 0.2) is 0 Å². The Labute approximate surface area is 187 Å². The summed E-state index contributed by atoms with van der Waals surface area (Å²) < 4.78 is 1.91. The van der Waals surface area contributed by atoms with Crippen LogP contribution >= 0.6 is 11.6 Å². The van der Waals surface area contributed by atoms with E-state index in [4.69, 9.17) is 11.6 Å². The number of fused-ring (bicyclic) bond motifs is 1. The number of nitrogens with one attached hydrogen (secondary N) is 1. The molecule has 1 N–H and O–H groups in total. The van der Waals surface area contributed by atoms with E-state index in [0.29, 0.717) is 22.5 Å². The van der Waals surface area contributed by atoms with Crippen LogP contribution in [-0.2, 0) is 17.9 Å². The summed E-state index contributed by atoms with van der Waals surface area (Å²) in [6, 6.07) is 15.0. The second kappa shape index (κ2) is 9.52. The lowest BCUT2D eigenvalue weighted by molar-refractivity contribution is -0.133. The van der Waals surface area contributed by atoms with Crippen molar-refractivity contribution in [2.75, 3.05) is 7.05 Å². The number of para-hydroxylation sites is 2. The second-order valence-corrected chi connectivity index (χ2v) is 8.47. The average molecular weight is 439 g/mol. The molecule has 0 atom stereocenters. The molecule has 1 aliphatic carbocycles. The van der Waals surface area contributed by atoms with Crippen LogP contribution in [0.1, 0.15) is 48.3 Å². The van der Waals surface area contributed by atoms with Crippen LogP contribution in [0.25, 0.3) is 11.0 Å². The largest absolute Gasteiger partial charge is 0.345 e. The van der Waals surface area contributed by atoms with Gasteiger partial charge in [-0.25, -0.2) is 4.98 Å². The van der Waals surface area contributed by atoms with Crippen molar-refractivity contribution in [3.8, 4) is 0 Å². The maximum Gasteiger partial charge on any atom is 0.253 e. The van der Waals surface area contributed by atoms with Gasteiger partial charge in [-0.05, 0) is 37.1 Å². The third-order valence-corrected chi connectivity index (χ3v) is 6.40. The van der Waals surface area contributed by atoms with Crippen molar-refractivity contribution in [1.82, 2.24) is 19.8 Å². The second-order valence-electron chi connectivity index (χ2n) is 8.06. The van der Waals surface area contributed by atoms with Crippen molar-refractivity contribution < 1.29 is 9.59 Å². The lowest BCUT2D eigenvalue weighted by Crippen LogP contribution is -2.40. The Hall–Kier alpha value is -2.86. The van der Waals surface area contributed by atoms with Gasteiger partial charge in [0.05, 0.1) is 28.2 Å². The summed E-state index contributed by atoms with van der Waals surface area (Å²) in [6.07, 6.45) is 5.73. The Balaban J connectivity index is 1.53. The summed E-state index contributed by atoms with van der Waals surface area (Å²) in [7, 11) is 1.90. The normalized spacial score (nSPS) is 14.5. The highest BCUT2D eigenvalue weighted by molar-refractivity contribution is 6.33. The van der Waals surface area contributed by atoms with E-state index in [9.17, 15) is 9.59 Å². The number of amides is 2. The van der Waals surface area contributed by atoms with Gasteiger partial charge in [-0.1, -0.05) is 55.1 Å².